The number of ether oxygens (including phenoxy) is 1. The van der Waals surface area contributed by atoms with Gasteiger partial charge in [0.2, 0.25) is 5.91 Å². The lowest BCUT2D eigenvalue weighted by atomic mass is 9.87. The van der Waals surface area contributed by atoms with Crippen LogP contribution in [0.15, 0.2) is 73.2 Å². The number of hydrogen-bond acceptors (Lipinski definition) is 3. The van der Waals surface area contributed by atoms with Crippen LogP contribution in [-0.4, -0.2) is 23.0 Å². The van der Waals surface area contributed by atoms with Crippen molar-refractivity contribution < 1.29 is 9.53 Å². The van der Waals surface area contributed by atoms with Crippen LogP contribution in [0.1, 0.15) is 41.5 Å². The van der Waals surface area contributed by atoms with E-state index in [4.69, 9.17) is 4.74 Å². The minimum absolute atomic E-state index is 0.0126. The summed E-state index contributed by atoms with van der Waals surface area (Å²) in [5, 5.41) is 4.22. The molecule has 0 saturated carbocycles. The van der Waals surface area contributed by atoms with Gasteiger partial charge in [0.05, 0.1) is 7.11 Å². The summed E-state index contributed by atoms with van der Waals surface area (Å²) in [5.41, 5.74) is 5.68. The third-order valence-corrected chi connectivity index (χ3v) is 5.74. The maximum absolute atomic E-state index is 12.9. The number of aromatic amines is 1. The standard InChI is InChI=1S/C26H27N3O2/c1-3-19-5-4-6-22-24(17-29-26(19)22)23(20-7-9-21(31-2)10-8-20)15-25(30)28-16-18-11-13-27-14-12-18/h4-14,17,23,29H,3,15-16H2,1-2H3,(H,28,30). The molecule has 5 nitrogen and oxygen atoms in total. The average Bonchev–Trinajstić information content (AvgIpc) is 3.26. The van der Waals surface area contributed by atoms with Gasteiger partial charge in [0.1, 0.15) is 5.75 Å². The number of amides is 1. The zero-order chi connectivity index (χ0) is 21.6. The van der Waals surface area contributed by atoms with Crippen molar-refractivity contribution in [2.24, 2.45) is 0 Å². The Bertz CT molecular complexity index is 1150. The van der Waals surface area contributed by atoms with Gasteiger partial charge in [0, 0.05) is 48.4 Å². The fourth-order valence-electron chi connectivity index (χ4n) is 4.02. The molecule has 2 N–H and O–H groups in total. The molecule has 0 aliphatic carbocycles. The topological polar surface area (TPSA) is 67.0 Å². The van der Waals surface area contributed by atoms with Gasteiger partial charge in [0.15, 0.2) is 0 Å². The number of methoxy groups -OCH3 is 1. The summed E-state index contributed by atoms with van der Waals surface area (Å²) in [6.07, 6.45) is 6.84. The highest BCUT2D eigenvalue weighted by Crippen LogP contribution is 2.35. The first-order chi connectivity index (χ1) is 15.2. The molecule has 5 heteroatoms. The molecule has 0 aliphatic rings. The van der Waals surface area contributed by atoms with Crippen LogP contribution >= 0.6 is 0 Å². The van der Waals surface area contributed by atoms with Crippen molar-refractivity contribution in [2.75, 3.05) is 7.11 Å². The highest BCUT2D eigenvalue weighted by molar-refractivity contribution is 5.88. The predicted octanol–water partition coefficient (Wildman–Crippen LogP) is 4.97. The Morgan fingerprint density at radius 3 is 2.58 bits per heavy atom. The van der Waals surface area contributed by atoms with Crippen LogP contribution < -0.4 is 10.1 Å². The van der Waals surface area contributed by atoms with Crippen LogP contribution in [0.25, 0.3) is 10.9 Å². The number of rotatable bonds is 8. The van der Waals surface area contributed by atoms with E-state index in [9.17, 15) is 4.79 Å². The molecule has 4 rings (SSSR count). The van der Waals surface area contributed by atoms with Gasteiger partial charge >= 0.3 is 0 Å². The zero-order valence-electron chi connectivity index (χ0n) is 17.9. The van der Waals surface area contributed by atoms with Gasteiger partial charge in [-0.3, -0.25) is 9.78 Å². The smallest absolute Gasteiger partial charge is 0.221 e. The number of aromatic nitrogens is 2. The summed E-state index contributed by atoms with van der Waals surface area (Å²) in [4.78, 5) is 20.4. The average molecular weight is 414 g/mol. The van der Waals surface area contributed by atoms with Gasteiger partial charge < -0.3 is 15.0 Å². The minimum atomic E-state index is -0.0656. The molecule has 1 unspecified atom stereocenters. The molecule has 158 valence electrons. The number of aryl methyl sites for hydroxylation is 1. The Morgan fingerprint density at radius 1 is 1.10 bits per heavy atom. The fraction of sp³-hybridized carbons (Fsp3) is 0.231. The van der Waals surface area contributed by atoms with E-state index in [1.165, 1.54) is 10.9 Å². The molecule has 0 radical (unpaired) electrons. The van der Waals surface area contributed by atoms with Crippen LogP contribution in [0.4, 0.5) is 0 Å². The van der Waals surface area contributed by atoms with Crippen LogP contribution in [0.5, 0.6) is 5.75 Å². The van der Waals surface area contributed by atoms with E-state index in [1.54, 1.807) is 19.5 Å². The molecule has 31 heavy (non-hydrogen) atoms. The molecule has 2 heterocycles. The Balaban J connectivity index is 1.64. The molecule has 4 aromatic rings. The molecule has 2 aromatic carbocycles. The first-order valence-electron chi connectivity index (χ1n) is 10.6. The molecular weight excluding hydrogens is 386 g/mol. The molecule has 1 atom stereocenters. The summed E-state index contributed by atoms with van der Waals surface area (Å²) >= 11 is 0. The van der Waals surface area contributed by atoms with Gasteiger partial charge in [-0.1, -0.05) is 37.3 Å². The number of hydrogen-bond donors (Lipinski definition) is 2. The van der Waals surface area contributed by atoms with E-state index in [0.717, 1.165) is 34.4 Å². The maximum atomic E-state index is 12.9. The van der Waals surface area contributed by atoms with Crippen LogP contribution in [-0.2, 0) is 17.8 Å². The molecule has 1 amide bonds. The first-order valence-corrected chi connectivity index (χ1v) is 10.6. The third-order valence-electron chi connectivity index (χ3n) is 5.74. The number of benzene rings is 2. The van der Waals surface area contributed by atoms with Gasteiger partial charge in [-0.25, -0.2) is 0 Å². The van der Waals surface area contributed by atoms with Crippen molar-refractivity contribution in [3.63, 3.8) is 0 Å². The van der Waals surface area contributed by atoms with Crippen molar-refractivity contribution in [3.8, 4) is 5.75 Å². The van der Waals surface area contributed by atoms with Gasteiger partial charge in [0.25, 0.3) is 0 Å². The number of carbonyl (C=O) groups is 1. The van der Waals surface area contributed by atoms with Gasteiger partial charge in [-0.05, 0) is 52.9 Å². The van der Waals surface area contributed by atoms with E-state index >= 15 is 0 Å². The number of H-pyrrole nitrogens is 1. The second-order valence-electron chi connectivity index (χ2n) is 7.60. The van der Waals surface area contributed by atoms with E-state index in [0.29, 0.717) is 13.0 Å². The highest BCUT2D eigenvalue weighted by Gasteiger charge is 2.22. The summed E-state index contributed by atoms with van der Waals surface area (Å²) in [6.45, 7) is 2.65. The lowest BCUT2D eigenvalue weighted by molar-refractivity contribution is -0.121. The number of nitrogens with one attached hydrogen (secondary N) is 2. The first kappa shape index (κ1) is 20.7. The number of fused-ring (bicyclic) bond motifs is 1. The maximum Gasteiger partial charge on any atom is 0.221 e. The molecule has 0 fully saturated rings. The summed E-state index contributed by atoms with van der Waals surface area (Å²) in [7, 11) is 1.66. The number of carbonyl (C=O) groups excluding carboxylic acids is 1. The lowest BCUT2D eigenvalue weighted by Crippen LogP contribution is -2.25. The van der Waals surface area contributed by atoms with Crippen molar-refractivity contribution in [2.45, 2.75) is 32.2 Å². The SMILES string of the molecule is CCc1cccc2c(C(CC(=O)NCc3ccncc3)c3ccc(OC)cc3)c[nH]c12. The third kappa shape index (κ3) is 4.61. The molecule has 0 bridgehead atoms. The summed E-state index contributed by atoms with van der Waals surface area (Å²) in [6, 6.07) is 18.2. The summed E-state index contributed by atoms with van der Waals surface area (Å²) in [5.74, 6) is 0.750. The van der Waals surface area contributed by atoms with E-state index in [-0.39, 0.29) is 11.8 Å². The quantitative estimate of drug-likeness (QED) is 0.428. The molecule has 0 saturated heterocycles. The van der Waals surface area contributed by atoms with E-state index < -0.39 is 0 Å². The fourth-order valence-corrected chi connectivity index (χ4v) is 4.02. The molecule has 0 aliphatic heterocycles. The minimum Gasteiger partial charge on any atom is -0.497 e. The monoisotopic (exact) mass is 413 g/mol. The van der Waals surface area contributed by atoms with Crippen molar-refractivity contribution in [1.82, 2.24) is 15.3 Å². The van der Waals surface area contributed by atoms with Gasteiger partial charge in [-0.2, -0.15) is 0 Å². The second kappa shape index (κ2) is 9.47. The number of nitrogens with zero attached hydrogens (tertiary/aromatic N) is 1. The number of pyridine rings is 1. The largest absolute Gasteiger partial charge is 0.497 e. The van der Waals surface area contributed by atoms with E-state index in [1.807, 2.05) is 36.4 Å². The van der Waals surface area contributed by atoms with Crippen LogP contribution in [0.3, 0.4) is 0 Å². The highest BCUT2D eigenvalue weighted by atomic mass is 16.5. The van der Waals surface area contributed by atoms with Crippen LogP contribution in [0, 0.1) is 0 Å². The molecular formula is C26H27N3O2. The normalized spacial score (nSPS) is 11.9. The zero-order valence-corrected chi connectivity index (χ0v) is 17.9. The summed E-state index contributed by atoms with van der Waals surface area (Å²) < 4.78 is 5.32. The van der Waals surface area contributed by atoms with E-state index in [2.05, 4.69) is 46.6 Å². The Hall–Kier alpha value is -3.60. The Morgan fingerprint density at radius 2 is 1.87 bits per heavy atom. The molecule has 2 aromatic heterocycles. The Labute approximate surface area is 182 Å². The van der Waals surface area contributed by atoms with Crippen LogP contribution in [0.2, 0.25) is 0 Å². The molecule has 0 spiro atoms. The predicted molar refractivity (Wildman–Crippen MR) is 123 cm³/mol. The lowest BCUT2D eigenvalue weighted by Gasteiger charge is -2.18. The van der Waals surface area contributed by atoms with Crippen molar-refractivity contribution in [1.29, 1.82) is 0 Å². The Kier molecular flexibility index (Phi) is 6.32. The van der Waals surface area contributed by atoms with Crippen molar-refractivity contribution >= 4 is 16.8 Å². The number of para-hydroxylation sites is 1. The van der Waals surface area contributed by atoms with Crippen molar-refractivity contribution in [3.05, 3.63) is 95.4 Å². The second-order valence-corrected chi connectivity index (χ2v) is 7.60. The van der Waals surface area contributed by atoms with Gasteiger partial charge in [-0.15, -0.1) is 0 Å².